The SMILES string of the molecule is Cc1ccc(C23CC(B4OC(C)(C)C(C)(C)O4)(C2)C3)c(Cl)c1. The highest BCUT2D eigenvalue weighted by molar-refractivity contribution is 6.51. The lowest BCUT2D eigenvalue weighted by molar-refractivity contribution is -0.0382. The van der Waals surface area contributed by atoms with Crippen molar-refractivity contribution < 1.29 is 9.31 Å². The van der Waals surface area contributed by atoms with Crippen molar-refractivity contribution in [1.29, 1.82) is 0 Å². The summed E-state index contributed by atoms with van der Waals surface area (Å²) in [6.07, 6.45) is 3.42. The molecule has 2 nitrogen and oxygen atoms in total. The van der Waals surface area contributed by atoms with Gasteiger partial charge >= 0.3 is 7.12 Å². The normalized spacial score (nSPS) is 37.6. The van der Waals surface area contributed by atoms with Gasteiger partial charge < -0.3 is 9.31 Å². The molecule has 5 rings (SSSR count). The Morgan fingerprint density at radius 2 is 1.55 bits per heavy atom. The van der Waals surface area contributed by atoms with E-state index >= 15 is 0 Å². The lowest BCUT2D eigenvalue weighted by Gasteiger charge is -2.71. The second-order valence-electron chi connectivity index (χ2n) is 8.74. The molecule has 1 saturated heterocycles. The Kier molecular flexibility index (Phi) is 2.82. The number of aryl methyl sites for hydroxylation is 1. The van der Waals surface area contributed by atoms with Gasteiger partial charge in [0.05, 0.1) is 11.2 Å². The minimum Gasteiger partial charge on any atom is -0.403 e. The van der Waals surface area contributed by atoms with E-state index in [1.165, 1.54) is 11.1 Å². The molecule has 1 aromatic rings. The Bertz CT molecular complexity index is 617. The summed E-state index contributed by atoms with van der Waals surface area (Å²) in [7, 11) is -0.0661. The van der Waals surface area contributed by atoms with Crippen molar-refractivity contribution in [3.05, 3.63) is 34.3 Å². The fourth-order valence-corrected chi connectivity index (χ4v) is 4.98. The van der Waals surface area contributed by atoms with Gasteiger partial charge in [-0.2, -0.15) is 0 Å². The van der Waals surface area contributed by atoms with Crippen molar-refractivity contribution in [1.82, 2.24) is 0 Å². The first kappa shape index (κ1) is 15.0. The van der Waals surface area contributed by atoms with Gasteiger partial charge in [-0.1, -0.05) is 23.7 Å². The largest absolute Gasteiger partial charge is 0.464 e. The Hall–Kier alpha value is -0.505. The van der Waals surface area contributed by atoms with Gasteiger partial charge in [-0.25, -0.2) is 0 Å². The molecule has 0 radical (unpaired) electrons. The lowest BCUT2D eigenvalue weighted by Crippen LogP contribution is -2.66. The van der Waals surface area contributed by atoms with Gasteiger partial charge in [-0.3, -0.25) is 0 Å². The number of hydrogen-bond donors (Lipinski definition) is 0. The molecule has 2 bridgehead atoms. The van der Waals surface area contributed by atoms with E-state index < -0.39 is 0 Å². The zero-order chi connectivity index (χ0) is 16.0. The third-order valence-electron chi connectivity index (χ3n) is 6.52. The predicted molar refractivity (Wildman–Crippen MR) is 90.5 cm³/mol. The summed E-state index contributed by atoms with van der Waals surface area (Å²) in [4.78, 5) is 0. The summed E-state index contributed by atoms with van der Waals surface area (Å²) in [6, 6.07) is 6.47. The fraction of sp³-hybridized carbons (Fsp3) is 0.667. The van der Waals surface area contributed by atoms with Crippen LogP contribution in [0.4, 0.5) is 0 Å². The van der Waals surface area contributed by atoms with Crippen LogP contribution in [-0.2, 0) is 14.7 Å². The zero-order valence-electron chi connectivity index (χ0n) is 14.1. The van der Waals surface area contributed by atoms with E-state index in [1.807, 2.05) is 0 Å². The third kappa shape index (κ3) is 1.76. The highest BCUT2D eigenvalue weighted by Gasteiger charge is 2.77. The van der Waals surface area contributed by atoms with Crippen molar-refractivity contribution in [3.8, 4) is 0 Å². The topological polar surface area (TPSA) is 18.5 Å². The number of rotatable bonds is 2. The molecule has 4 aliphatic rings. The maximum Gasteiger partial charge on any atom is 0.464 e. The van der Waals surface area contributed by atoms with Crippen LogP contribution in [0.2, 0.25) is 10.3 Å². The van der Waals surface area contributed by atoms with Crippen molar-refractivity contribution in [2.24, 2.45) is 0 Å². The Balaban J connectivity index is 1.53. The quantitative estimate of drug-likeness (QED) is 0.721. The van der Waals surface area contributed by atoms with Gasteiger partial charge in [-0.05, 0) is 76.5 Å². The Morgan fingerprint density at radius 3 is 2.05 bits per heavy atom. The van der Waals surface area contributed by atoms with E-state index in [0.717, 1.165) is 24.3 Å². The predicted octanol–water partition coefficient (Wildman–Crippen LogP) is 4.92. The summed E-state index contributed by atoms with van der Waals surface area (Å²) in [5, 5.41) is 1.13. The smallest absolute Gasteiger partial charge is 0.403 e. The van der Waals surface area contributed by atoms with Crippen LogP contribution in [0.5, 0.6) is 0 Å². The second kappa shape index (κ2) is 4.12. The number of benzene rings is 1. The van der Waals surface area contributed by atoms with Crippen molar-refractivity contribution >= 4 is 18.7 Å². The maximum atomic E-state index is 6.48. The van der Waals surface area contributed by atoms with Crippen LogP contribution in [0.3, 0.4) is 0 Å². The summed E-state index contributed by atoms with van der Waals surface area (Å²) >= 11 is 6.48. The lowest BCUT2D eigenvalue weighted by atomic mass is 9.23. The van der Waals surface area contributed by atoms with E-state index in [0.29, 0.717) is 0 Å². The van der Waals surface area contributed by atoms with Crippen LogP contribution in [0.1, 0.15) is 58.1 Å². The molecule has 4 heteroatoms. The van der Waals surface area contributed by atoms with E-state index in [1.54, 1.807) is 0 Å². The molecule has 0 unspecified atom stereocenters. The average molecular weight is 319 g/mol. The second-order valence-corrected chi connectivity index (χ2v) is 9.15. The summed E-state index contributed by atoms with van der Waals surface area (Å²) in [5.74, 6) is 0. The van der Waals surface area contributed by atoms with Gasteiger partial charge in [0.25, 0.3) is 0 Å². The van der Waals surface area contributed by atoms with Gasteiger partial charge in [0.15, 0.2) is 0 Å². The van der Waals surface area contributed by atoms with Crippen molar-refractivity contribution in [2.45, 2.75) is 75.8 Å². The van der Waals surface area contributed by atoms with Gasteiger partial charge in [0.2, 0.25) is 0 Å². The molecule has 0 N–H and O–H groups in total. The first-order chi connectivity index (χ1) is 10.1. The summed E-state index contributed by atoms with van der Waals surface area (Å²) < 4.78 is 12.6. The number of hydrogen-bond acceptors (Lipinski definition) is 2. The first-order valence-corrected chi connectivity index (χ1v) is 8.59. The summed E-state index contributed by atoms with van der Waals surface area (Å²) in [5.41, 5.74) is 2.34. The molecular formula is C18H24BClO2. The maximum absolute atomic E-state index is 6.48. The molecule has 0 atom stereocenters. The monoisotopic (exact) mass is 318 g/mol. The van der Waals surface area contributed by atoms with Gasteiger partial charge in [0.1, 0.15) is 0 Å². The van der Waals surface area contributed by atoms with Crippen molar-refractivity contribution in [3.63, 3.8) is 0 Å². The van der Waals surface area contributed by atoms with Gasteiger partial charge in [0, 0.05) is 10.3 Å². The van der Waals surface area contributed by atoms with E-state index in [-0.39, 0.29) is 29.0 Å². The molecule has 1 heterocycles. The van der Waals surface area contributed by atoms with E-state index in [2.05, 4.69) is 52.8 Å². The molecule has 3 saturated carbocycles. The van der Waals surface area contributed by atoms with Crippen molar-refractivity contribution in [2.75, 3.05) is 0 Å². The molecule has 1 aromatic carbocycles. The molecule has 1 aliphatic heterocycles. The van der Waals surface area contributed by atoms with E-state index in [9.17, 15) is 0 Å². The van der Waals surface area contributed by atoms with Crippen LogP contribution in [0.25, 0.3) is 0 Å². The standard InChI is InChI=1S/C18H24BClO2/c1-12-6-7-13(14(20)8-12)17-9-18(10-17,11-17)19-21-15(2,3)16(4,5)22-19/h6-8H,9-11H2,1-5H3. The van der Waals surface area contributed by atoms with Crippen LogP contribution in [-0.4, -0.2) is 18.3 Å². The fourth-order valence-electron chi connectivity index (χ4n) is 4.55. The highest BCUT2D eigenvalue weighted by Crippen LogP contribution is 2.81. The molecule has 0 amide bonds. The molecule has 0 spiro atoms. The van der Waals surface area contributed by atoms with Crippen LogP contribution >= 0.6 is 11.6 Å². The van der Waals surface area contributed by atoms with Crippen LogP contribution in [0.15, 0.2) is 18.2 Å². The Labute approximate surface area is 138 Å². The van der Waals surface area contributed by atoms with Gasteiger partial charge in [-0.15, -0.1) is 0 Å². The minimum atomic E-state index is -0.234. The zero-order valence-corrected chi connectivity index (χ0v) is 14.9. The third-order valence-corrected chi connectivity index (χ3v) is 6.83. The molecule has 0 aromatic heterocycles. The van der Waals surface area contributed by atoms with E-state index in [4.69, 9.17) is 20.9 Å². The first-order valence-electron chi connectivity index (χ1n) is 8.22. The average Bonchev–Trinajstić information content (AvgIpc) is 2.47. The minimum absolute atomic E-state index is 0.0661. The van der Waals surface area contributed by atoms with Crippen LogP contribution in [0, 0.1) is 6.92 Å². The molecular weight excluding hydrogens is 294 g/mol. The van der Waals surface area contributed by atoms with Crippen LogP contribution < -0.4 is 0 Å². The molecule has 4 fully saturated rings. The molecule has 118 valence electrons. The molecule has 3 aliphatic carbocycles. The Morgan fingerprint density at radius 1 is 1.00 bits per heavy atom. The summed E-state index contributed by atoms with van der Waals surface area (Å²) in [6.45, 7) is 10.6. The number of halogens is 1. The molecule has 22 heavy (non-hydrogen) atoms. The highest BCUT2D eigenvalue weighted by atomic mass is 35.5.